The van der Waals surface area contributed by atoms with Crippen LogP contribution < -0.4 is 0 Å². The standard InChI is InChI=1S/C14H10F3NO3/c15-8-1-2-11(14(20)21)18-13(8)12-9(16)5-7(3-4-19)6-10(12)17/h1-2,5-6,19H,3-4H2,(H,20,21). The van der Waals surface area contributed by atoms with Crippen molar-refractivity contribution in [2.45, 2.75) is 6.42 Å². The van der Waals surface area contributed by atoms with Gasteiger partial charge in [-0.3, -0.25) is 0 Å². The summed E-state index contributed by atoms with van der Waals surface area (Å²) in [5.74, 6) is -4.62. The molecule has 0 amide bonds. The maximum absolute atomic E-state index is 14.0. The number of carboxylic acids is 1. The minimum Gasteiger partial charge on any atom is -0.477 e. The van der Waals surface area contributed by atoms with Crippen LogP contribution in [-0.4, -0.2) is 27.8 Å². The summed E-state index contributed by atoms with van der Waals surface area (Å²) in [6.07, 6.45) is 0.0409. The third-order valence-electron chi connectivity index (χ3n) is 2.80. The van der Waals surface area contributed by atoms with Crippen LogP contribution in [0.2, 0.25) is 0 Å². The SMILES string of the molecule is O=C(O)c1ccc(F)c(-c2c(F)cc(CCO)cc2F)n1. The largest absolute Gasteiger partial charge is 0.477 e. The van der Waals surface area contributed by atoms with Crippen molar-refractivity contribution in [3.63, 3.8) is 0 Å². The molecule has 0 saturated heterocycles. The van der Waals surface area contributed by atoms with Crippen molar-refractivity contribution in [1.29, 1.82) is 0 Å². The molecule has 0 fully saturated rings. The Bertz CT molecular complexity index is 681. The minimum atomic E-state index is -1.44. The second-order valence-corrected chi connectivity index (χ2v) is 4.24. The first kappa shape index (κ1) is 15.0. The Morgan fingerprint density at radius 1 is 1.10 bits per heavy atom. The molecule has 2 rings (SSSR count). The molecule has 4 nitrogen and oxygen atoms in total. The van der Waals surface area contributed by atoms with E-state index in [-0.39, 0.29) is 18.6 Å². The molecule has 0 aliphatic carbocycles. The van der Waals surface area contributed by atoms with Gasteiger partial charge in [-0.15, -0.1) is 0 Å². The summed E-state index contributed by atoms with van der Waals surface area (Å²) >= 11 is 0. The molecule has 1 aromatic carbocycles. The predicted molar refractivity (Wildman–Crippen MR) is 67.3 cm³/mol. The lowest BCUT2D eigenvalue weighted by atomic mass is 10.0. The van der Waals surface area contributed by atoms with Crippen LogP contribution in [-0.2, 0) is 6.42 Å². The lowest BCUT2D eigenvalue weighted by Crippen LogP contribution is -2.05. The lowest BCUT2D eigenvalue weighted by molar-refractivity contribution is 0.0690. The molecule has 0 aliphatic heterocycles. The molecule has 1 heterocycles. The molecular weight excluding hydrogens is 287 g/mol. The molecule has 7 heteroatoms. The van der Waals surface area contributed by atoms with E-state index >= 15 is 0 Å². The molecule has 110 valence electrons. The van der Waals surface area contributed by atoms with Gasteiger partial charge >= 0.3 is 5.97 Å². The highest BCUT2D eigenvalue weighted by Gasteiger charge is 2.20. The quantitative estimate of drug-likeness (QED) is 0.909. The average molecular weight is 297 g/mol. The first-order valence-corrected chi connectivity index (χ1v) is 5.93. The van der Waals surface area contributed by atoms with Gasteiger partial charge in [-0.1, -0.05) is 0 Å². The fourth-order valence-corrected chi connectivity index (χ4v) is 1.86. The Morgan fingerprint density at radius 3 is 2.24 bits per heavy atom. The molecule has 0 radical (unpaired) electrons. The number of halogens is 3. The number of aliphatic hydroxyl groups excluding tert-OH is 1. The molecule has 1 aromatic heterocycles. The third kappa shape index (κ3) is 3.03. The van der Waals surface area contributed by atoms with Crippen LogP contribution in [0.15, 0.2) is 24.3 Å². The van der Waals surface area contributed by atoms with Gasteiger partial charge in [0, 0.05) is 6.61 Å². The van der Waals surface area contributed by atoms with Gasteiger partial charge in [0.15, 0.2) is 0 Å². The third-order valence-corrected chi connectivity index (χ3v) is 2.80. The van der Waals surface area contributed by atoms with Crippen LogP contribution in [0.4, 0.5) is 13.2 Å². The molecule has 2 aromatic rings. The Balaban J connectivity index is 2.61. The van der Waals surface area contributed by atoms with Crippen molar-refractivity contribution in [3.8, 4) is 11.3 Å². The van der Waals surface area contributed by atoms with Crippen LogP contribution in [0.25, 0.3) is 11.3 Å². The van der Waals surface area contributed by atoms with Crippen molar-refractivity contribution < 1.29 is 28.2 Å². The van der Waals surface area contributed by atoms with Gasteiger partial charge in [0.05, 0.1) is 5.56 Å². The van der Waals surface area contributed by atoms with E-state index in [2.05, 4.69) is 4.98 Å². The molecule has 0 bridgehead atoms. The second-order valence-electron chi connectivity index (χ2n) is 4.24. The number of aliphatic hydroxyl groups is 1. The van der Waals surface area contributed by atoms with E-state index in [0.29, 0.717) is 0 Å². The van der Waals surface area contributed by atoms with E-state index in [4.69, 9.17) is 10.2 Å². The predicted octanol–water partition coefficient (Wildman–Crippen LogP) is 2.40. The van der Waals surface area contributed by atoms with Gasteiger partial charge in [0.2, 0.25) is 0 Å². The number of hydrogen-bond donors (Lipinski definition) is 2. The normalized spacial score (nSPS) is 10.7. The number of hydrogen-bond acceptors (Lipinski definition) is 3. The van der Waals surface area contributed by atoms with Crippen molar-refractivity contribution in [2.24, 2.45) is 0 Å². The zero-order valence-electron chi connectivity index (χ0n) is 10.6. The van der Waals surface area contributed by atoms with Crippen LogP contribution in [0.3, 0.4) is 0 Å². The van der Waals surface area contributed by atoms with E-state index in [1.807, 2.05) is 0 Å². The van der Waals surface area contributed by atoms with E-state index in [1.165, 1.54) is 0 Å². The summed E-state index contributed by atoms with van der Waals surface area (Å²) in [7, 11) is 0. The first-order valence-electron chi connectivity index (χ1n) is 5.93. The molecule has 0 atom stereocenters. The van der Waals surface area contributed by atoms with Crippen molar-refractivity contribution in [2.75, 3.05) is 6.61 Å². The molecular formula is C14H10F3NO3. The number of carboxylic acid groups (broad SMARTS) is 1. The summed E-state index contributed by atoms with van der Waals surface area (Å²) in [6, 6.07) is 3.58. The molecule has 0 saturated carbocycles. The summed E-state index contributed by atoms with van der Waals surface area (Å²) < 4.78 is 41.6. The Kier molecular flexibility index (Phi) is 4.23. The monoisotopic (exact) mass is 297 g/mol. The topological polar surface area (TPSA) is 70.4 Å². The summed E-state index contributed by atoms with van der Waals surface area (Å²) in [4.78, 5) is 14.2. The highest BCUT2D eigenvalue weighted by molar-refractivity contribution is 5.86. The van der Waals surface area contributed by atoms with Crippen LogP contribution in [0.5, 0.6) is 0 Å². The maximum Gasteiger partial charge on any atom is 0.354 e. The highest BCUT2D eigenvalue weighted by Crippen LogP contribution is 2.28. The van der Waals surface area contributed by atoms with Crippen molar-refractivity contribution >= 4 is 5.97 Å². The Hall–Kier alpha value is -2.41. The molecule has 21 heavy (non-hydrogen) atoms. The van der Waals surface area contributed by atoms with E-state index in [0.717, 1.165) is 24.3 Å². The van der Waals surface area contributed by atoms with Gasteiger partial charge in [-0.2, -0.15) is 0 Å². The lowest BCUT2D eigenvalue weighted by Gasteiger charge is -2.09. The number of nitrogens with zero attached hydrogens (tertiary/aromatic N) is 1. The van der Waals surface area contributed by atoms with Gasteiger partial charge in [0.1, 0.15) is 28.8 Å². The maximum atomic E-state index is 14.0. The Morgan fingerprint density at radius 2 is 1.71 bits per heavy atom. The van der Waals surface area contributed by atoms with Crippen molar-refractivity contribution in [3.05, 3.63) is 53.0 Å². The fraction of sp³-hybridized carbons (Fsp3) is 0.143. The molecule has 0 aliphatic rings. The zero-order chi connectivity index (χ0) is 15.6. The molecule has 0 spiro atoms. The number of benzene rings is 1. The number of carbonyl (C=O) groups is 1. The average Bonchev–Trinajstić information content (AvgIpc) is 2.40. The fourth-order valence-electron chi connectivity index (χ4n) is 1.86. The number of pyridine rings is 1. The molecule has 0 unspecified atom stereocenters. The number of aromatic nitrogens is 1. The number of rotatable bonds is 4. The summed E-state index contributed by atoms with van der Waals surface area (Å²) in [5.41, 5.74) is -1.77. The van der Waals surface area contributed by atoms with Crippen molar-refractivity contribution in [1.82, 2.24) is 4.98 Å². The smallest absolute Gasteiger partial charge is 0.354 e. The van der Waals surface area contributed by atoms with E-state index in [1.54, 1.807) is 0 Å². The van der Waals surface area contributed by atoms with Gasteiger partial charge in [-0.25, -0.2) is 22.9 Å². The molecule has 2 N–H and O–H groups in total. The Labute approximate surface area is 117 Å². The minimum absolute atomic E-state index is 0.0409. The van der Waals surface area contributed by atoms with Gasteiger partial charge < -0.3 is 10.2 Å². The van der Waals surface area contributed by atoms with E-state index in [9.17, 15) is 18.0 Å². The zero-order valence-corrected chi connectivity index (χ0v) is 10.6. The van der Waals surface area contributed by atoms with Crippen LogP contribution in [0.1, 0.15) is 16.1 Å². The van der Waals surface area contributed by atoms with Crippen LogP contribution >= 0.6 is 0 Å². The van der Waals surface area contributed by atoms with Crippen LogP contribution in [0, 0.1) is 17.5 Å². The number of aromatic carboxylic acids is 1. The summed E-state index contributed by atoms with van der Waals surface area (Å²) in [5, 5.41) is 17.5. The summed E-state index contributed by atoms with van der Waals surface area (Å²) in [6.45, 7) is -0.292. The second kappa shape index (κ2) is 5.92. The van der Waals surface area contributed by atoms with Gasteiger partial charge in [-0.05, 0) is 36.2 Å². The van der Waals surface area contributed by atoms with E-state index < -0.39 is 40.4 Å². The first-order chi connectivity index (χ1) is 9.93. The highest BCUT2D eigenvalue weighted by atomic mass is 19.1. The van der Waals surface area contributed by atoms with Gasteiger partial charge in [0.25, 0.3) is 0 Å².